The Balaban J connectivity index is 1.93. The number of nitrogens with zero attached hydrogens (tertiary/aromatic N) is 1. The third-order valence-electron chi connectivity index (χ3n) is 4.49. The molecule has 8 nitrogen and oxygen atoms in total. The minimum atomic E-state index is -0.852. The summed E-state index contributed by atoms with van der Waals surface area (Å²) in [6.07, 6.45) is 1.96. The van der Waals surface area contributed by atoms with Gasteiger partial charge in [-0.15, -0.1) is 0 Å². The first-order valence-corrected chi connectivity index (χ1v) is 9.13. The van der Waals surface area contributed by atoms with Crippen LogP contribution in [0.3, 0.4) is 0 Å². The summed E-state index contributed by atoms with van der Waals surface area (Å²) < 4.78 is 16.5. The van der Waals surface area contributed by atoms with Crippen LogP contribution in [0.15, 0.2) is 12.1 Å². The molecule has 1 aromatic rings. The maximum absolute atomic E-state index is 12.2. The second-order valence-corrected chi connectivity index (χ2v) is 6.43. The summed E-state index contributed by atoms with van der Waals surface area (Å²) >= 11 is 0. The van der Waals surface area contributed by atoms with Crippen LogP contribution in [0.5, 0.6) is 17.2 Å². The number of likely N-dealkylation sites (tertiary alicyclic amines) is 1. The largest absolute Gasteiger partial charge is 0.493 e. The van der Waals surface area contributed by atoms with E-state index in [1.165, 1.54) is 0 Å². The van der Waals surface area contributed by atoms with Gasteiger partial charge in [0.05, 0.1) is 26.7 Å². The SMILES string of the molecule is CCCOc1c(OC)cc(CCNC(=O)N2CCC(C(=O)O)C2)cc1OC. The third-order valence-corrected chi connectivity index (χ3v) is 4.49. The lowest BCUT2D eigenvalue weighted by Crippen LogP contribution is -2.39. The summed E-state index contributed by atoms with van der Waals surface area (Å²) in [6.45, 7) is 3.74. The number of methoxy groups -OCH3 is 2. The van der Waals surface area contributed by atoms with E-state index in [0.29, 0.717) is 49.8 Å². The van der Waals surface area contributed by atoms with Gasteiger partial charge in [-0.2, -0.15) is 0 Å². The van der Waals surface area contributed by atoms with Crippen molar-refractivity contribution >= 4 is 12.0 Å². The molecule has 1 saturated heterocycles. The van der Waals surface area contributed by atoms with Crippen LogP contribution in [0.4, 0.5) is 4.79 Å². The first kappa shape index (κ1) is 20.7. The number of nitrogens with one attached hydrogen (secondary N) is 1. The number of carboxylic acids is 1. The molecule has 1 aliphatic heterocycles. The van der Waals surface area contributed by atoms with Crippen molar-refractivity contribution in [3.8, 4) is 17.2 Å². The molecule has 0 radical (unpaired) electrons. The zero-order chi connectivity index (χ0) is 19.8. The monoisotopic (exact) mass is 380 g/mol. The second kappa shape index (κ2) is 9.89. The minimum Gasteiger partial charge on any atom is -0.493 e. The van der Waals surface area contributed by atoms with Gasteiger partial charge in [0.2, 0.25) is 5.75 Å². The number of rotatable bonds is 9. The Hall–Kier alpha value is -2.64. The summed E-state index contributed by atoms with van der Waals surface area (Å²) in [5.41, 5.74) is 0.942. The van der Waals surface area contributed by atoms with E-state index < -0.39 is 11.9 Å². The number of amides is 2. The van der Waals surface area contributed by atoms with Crippen LogP contribution < -0.4 is 19.5 Å². The highest BCUT2D eigenvalue weighted by Crippen LogP contribution is 2.38. The molecule has 8 heteroatoms. The van der Waals surface area contributed by atoms with Crippen LogP contribution in [-0.4, -0.2) is 62.5 Å². The number of carbonyl (C=O) groups is 2. The number of carboxylic acid groups (broad SMARTS) is 1. The van der Waals surface area contributed by atoms with Gasteiger partial charge in [-0.1, -0.05) is 6.92 Å². The van der Waals surface area contributed by atoms with Gasteiger partial charge in [-0.25, -0.2) is 4.79 Å². The summed E-state index contributed by atoms with van der Waals surface area (Å²) in [5, 5.41) is 11.9. The molecule has 1 heterocycles. The smallest absolute Gasteiger partial charge is 0.317 e. The van der Waals surface area contributed by atoms with E-state index in [1.807, 2.05) is 19.1 Å². The van der Waals surface area contributed by atoms with E-state index in [4.69, 9.17) is 19.3 Å². The first-order valence-electron chi connectivity index (χ1n) is 9.13. The maximum atomic E-state index is 12.2. The van der Waals surface area contributed by atoms with Crippen LogP contribution in [-0.2, 0) is 11.2 Å². The van der Waals surface area contributed by atoms with E-state index in [-0.39, 0.29) is 12.6 Å². The standard InChI is InChI=1S/C19H28N2O6/c1-4-9-27-17-15(25-2)10-13(11-16(17)26-3)5-7-20-19(24)21-8-6-14(12-21)18(22)23/h10-11,14H,4-9,12H2,1-3H3,(H,20,24)(H,22,23). The molecule has 0 saturated carbocycles. The Morgan fingerprint density at radius 3 is 2.44 bits per heavy atom. The quantitative estimate of drug-likeness (QED) is 0.681. The van der Waals surface area contributed by atoms with Gasteiger partial charge >= 0.3 is 12.0 Å². The number of hydrogen-bond donors (Lipinski definition) is 2. The van der Waals surface area contributed by atoms with Gasteiger partial charge in [0.25, 0.3) is 0 Å². The number of aliphatic carboxylic acids is 1. The first-order chi connectivity index (χ1) is 13.0. The second-order valence-electron chi connectivity index (χ2n) is 6.43. The van der Waals surface area contributed by atoms with Crippen molar-refractivity contribution in [3.63, 3.8) is 0 Å². The van der Waals surface area contributed by atoms with Crippen LogP contribution in [0, 0.1) is 5.92 Å². The highest BCUT2D eigenvalue weighted by molar-refractivity contribution is 5.77. The molecule has 0 bridgehead atoms. The predicted molar refractivity (Wildman–Crippen MR) is 99.8 cm³/mol. The number of carbonyl (C=O) groups excluding carboxylic acids is 1. The van der Waals surface area contributed by atoms with Crippen molar-refractivity contribution < 1.29 is 28.9 Å². The van der Waals surface area contributed by atoms with Crippen molar-refractivity contribution in [2.24, 2.45) is 5.92 Å². The summed E-state index contributed by atoms with van der Waals surface area (Å²) in [6, 6.07) is 3.51. The molecular weight excluding hydrogens is 352 g/mol. The molecule has 1 unspecified atom stereocenters. The van der Waals surface area contributed by atoms with Gasteiger partial charge in [0, 0.05) is 19.6 Å². The molecule has 0 aliphatic carbocycles. The van der Waals surface area contributed by atoms with Crippen molar-refractivity contribution in [2.45, 2.75) is 26.2 Å². The molecule has 2 amide bonds. The van der Waals surface area contributed by atoms with E-state index in [2.05, 4.69) is 5.32 Å². The maximum Gasteiger partial charge on any atom is 0.317 e. The molecule has 2 rings (SSSR count). The van der Waals surface area contributed by atoms with E-state index >= 15 is 0 Å². The Labute approximate surface area is 159 Å². The lowest BCUT2D eigenvalue weighted by molar-refractivity contribution is -0.141. The topological polar surface area (TPSA) is 97.3 Å². The molecule has 1 aromatic carbocycles. The highest BCUT2D eigenvalue weighted by atomic mass is 16.5. The van der Waals surface area contributed by atoms with E-state index in [1.54, 1.807) is 19.1 Å². The van der Waals surface area contributed by atoms with Crippen molar-refractivity contribution in [1.29, 1.82) is 0 Å². The normalized spacial score (nSPS) is 16.1. The molecule has 0 aromatic heterocycles. The molecule has 27 heavy (non-hydrogen) atoms. The van der Waals surface area contributed by atoms with Crippen LogP contribution in [0.1, 0.15) is 25.3 Å². The van der Waals surface area contributed by atoms with Crippen LogP contribution in [0.25, 0.3) is 0 Å². The Morgan fingerprint density at radius 2 is 1.93 bits per heavy atom. The van der Waals surface area contributed by atoms with Gasteiger partial charge < -0.3 is 29.5 Å². The molecule has 0 spiro atoms. The number of ether oxygens (including phenoxy) is 3. The molecule has 1 atom stereocenters. The summed E-state index contributed by atoms with van der Waals surface area (Å²) in [7, 11) is 3.15. The number of urea groups is 1. The lowest BCUT2D eigenvalue weighted by Gasteiger charge is -2.18. The third kappa shape index (κ3) is 5.42. The number of hydrogen-bond acceptors (Lipinski definition) is 5. The number of benzene rings is 1. The molecule has 150 valence electrons. The van der Waals surface area contributed by atoms with Crippen molar-refractivity contribution in [1.82, 2.24) is 10.2 Å². The Morgan fingerprint density at radius 1 is 1.26 bits per heavy atom. The van der Waals surface area contributed by atoms with Gasteiger partial charge in [0.15, 0.2) is 11.5 Å². The summed E-state index contributed by atoms with van der Waals surface area (Å²) in [4.78, 5) is 24.7. The fourth-order valence-corrected chi connectivity index (χ4v) is 3.00. The molecule has 1 aliphatic rings. The average Bonchev–Trinajstić information content (AvgIpc) is 3.16. The predicted octanol–water partition coefficient (Wildman–Crippen LogP) is 2.15. The fourth-order valence-electron chi connectivity index (χ4n) is 3.00. The molecule has 1 fully saturated rings. The highest BCUT2D eigenvalue weighted by Gasteiger charge is 2.30. The average molecular weight is 380 g/mol. The van der Waals surface area contributed by atoms with E-state index in [9.17, 15) is 9.59 Å². The van der Waals surface area contributed by atoms with Gasteiger partial charge in [0.1, 0.15) is 0 Å². The molecular formula is C19H28N2O6. The van der Waals surface area contributed by atoms with Crippen molar-refractivity contribution in [2.75, 3.05) is 40.5 Å². The molecule has 2 N–H and O–H groups in total. The Kier molecular flexibility index (Phi) is 7.57. The minimum absolute atomic E-state index is 0.236. The Bertz CT molecular complexity index is 639. The van der Waals surface area contributed by atoms with Crippen LogP contribution >= 0.6 is 0 Å². The van der Waals surface area contributed by atoms with Gasteiger partial charge in [-0.05, 0) is 37.0 Å². The zero-order valence-electron chi connectivity index (χ0n) is 16.1. The summed E-state index contributed by atoms with van der Waals surface area (Å²) in [5.74, 6) is 0.433. The fraction of sp³-hybridized carbons (Fsp3) is 0.579. The van der Waals surface area contributed by atoms with Gasteiger partial charge in [-0.3, -0.25) is 4.79 Å². The van der Waals surface area contributed by atoms with Crippen LogP contribution in [0.2, 0.25) is 0 Å². The lowest BCUT2D eigenvalue weighted by atomic mass is 10.1. The zero-order valence-corrected chi connectivity index (χ0v) is 16.1. The van der Waals surface area contributed by atoms with E-state index in [0.717, 1.165) is 12.0 Å². The van der Waals surface area contributed by atoms with Crippen molar-refractivity contribution in [3.05, 3.63) is 17.7 Å².